The van der Waals surface area contributed by atoms with Gasteiger partial charge in [0.05, 0.1) is 5.75 Å². The van der Waals surface area contributed by atoms with E-state index in [-0.39, 0.29) is 23.6 Å². The summed E-state index contributed by atoms with van der Waals surface area (Å²) in [6, 6.07) is 15.0. The van der Waals surface area contributed by atoms with Crippen molar-refractivity contribution < 1.29 is 9.59 Å². The number of hydrogen-bond donors (Lipinski definition) is 1. The van der Waals surface area contributed by atoms with Crippen LogP contribution in [0.25, 0.3) is 0 Å². The molecule has 1 atom stereocenters. The Labute approximate surface area is 202 Å². The molecule has 1 N–H and O–H groups in total. The number of nitrogens with zero attached hydrogens (tertiary/aromatic N) is 1. The highest BCUT2D eigenvalue weighted by atomic mass is 79.9. The molecular weight excluding hydrogens is 496 g/mol. The topological polar surface area (TPSA) is 49.4 Å². The van der Waals surface area contributed by atoms with Crippen molar-refractivity contribution in [2.75, 3.05) is 5.75 Å². The molecule has 0 aliphatic heterocycles. The minimum Gasteiger partial charge on any atom is -0.352 e. The Balaban J connectivity index is 1.69. The lowest BCUT2D eigenvalue weighted by molar-refractivity contribution is -0.139. The second kappa shape index (κ2) is 11.9. The number of hydrogen-bond acceptors (Lipinski definition) is 3. The summed E-state index contributed by atoms with van der Waals surface area (Å²) in [5, 5.41) is 3.83. The summed E-state index contributed by atoms with van der Waals surface area (Å²) >= 11 is 10.9. The third kappa shape index (κ3) is 7.55. The first-order valence-electron chi connectivity index (χ1n) is 10.6. The van der Waals surface area contributed by atoms with E-state index in [0.29, 0.717) is 11.6 Å². The molecule has 2 aromatic rings. The van der Waals surface area contributed by atoms with Crippen molar-refractivity contribution in [1.29, 1.82) is 0 Å². The monoisotopic (exact) mass is 522 g/mol. The van der Waals surface area contributed by atoms with Crippen molar-refractivity contribution in [3.8, 4) is 0 Å². The quantitative estimate of drug-likeness (QED) is 0.428. The van der Waals surface area contributed by atoms with E-state index in [0.717, 1.165) is 40.6 Å². The van der Waals surface area contributed by atoms with Gasteiger partial charge in [0.15, 0.2) is 0 Å². The van der Waals surface area contributed by atoms with E-state index in [2.05, 4.69) is 21.2 Å². The summed E-state index contributed by atoms with van der Waals surface area (Å²) < 4.78 is 0.982. The summed E-state index contributed by atoms with van der Waals surface area (Å²) in [5.74, 6) is 0.127. The number of benzene rings is 2. The van der Waals surface area contributed by atoms with Crippen LogP contribution in [0.3, 0.4) is 0 Å². The van der Waals surface area contributed by atoms with Gasteiger partial charge in [0.2, 0.25) is 11.8 Å². The van der Waals surface area contributed by atoms with Crippen LogP contribution in [0.2, 0.25) is 5.02 Å². The molecule has 7 heteroatoms. The molecule has 0 saturated heterocycles. The Bertz CT molecular complexity index is 870. The van der Waals surface area contributed by atoms with Crippen LogP contribution in [0.1, 0.15) is 44.6 Å². The van der Waals surface area contributed by atoms with E-state index in [1.54, 1.807) is 4.90 Å². The molecule has 0 aromatic heterocycles. The number of amides is 2. The summed E-state index contributed by atoms with van der Waals surface area (Å²) in [4.78, 5) is 28.8. The molecule has 4 nitrogen and oxygen atoms in total. The molecule has 31 heavy (non-hydrogen) atoms. The van der Waals surface area contributed by atoms with E-state index < -0.39 is 6.04 Å². The Morgan fingerprint density at radius 3 is 2.39 bits per heavy atom. The van der Waals surface area contributed by atoms with Gasteiger partial charge in [-0.3, -0.25) is 9.59 Å². The van der Waals surface area contributed by atoms with Crippen molar-refractivity contribution in [2.24, 2.45) is 0 Å². The maximum Gasteiger partial charge on any atom is 0.242 e. The molecule has 0 heterocycles. The fourth-order valence-corrected chi connectivity index (χ4v) is 4.87. The molecule has 0 spiro atoms. The van der Waals surface area contributed by atoms with Crippen LogP contribution in [0.15, 0.2) is 57.9 Å². The first-order valence-corrected chi connectivity index (χ1v) is 12.8. The van der Waals surface area contributed by atoms with Crippen LogP contribution < -0.4 is 5.32 Å². The fourth-order valence-electron chi connectivity index (χ4n) is 3.70. The minimum absolute atomic E-state index is 0.0610. The van der Waals surface area contributed by atoms with Crippen molar-refractivity contribution >= 4 is 51.1 Å². The highest BCUT2D eigenvalue weighted by Crippen LogP contribution is 2.23. The maximum absolute atomic E-state index is 13.2. The van der Waals surface area contributed by atoms with Gasteiger partial charge in [-0.2, -0.15) is 0 Å². The molecule has 0 radical (unpaired) electrons. The molecule has 2 amide bonds. The Morgan fingerprint density at radius 1 is 1.10 bits per heavy atom. The molecule has 166 valence electrons. The fraction of sp³-hybridized carbons (Fsp3) is 0.417. The number of halogens is 2. The second-order valence-electron chi connectivity index (χ2n) is 7.91. The predicted molar refractivity (Wildman–Crippen MR) is 131 cm³/mol. The lowest BCUT2D eigenvalue weighted by Gasteiger charge is -2.31. The van der Waals surface area contributed by atoms with Crippen LogP contribution >= 0.6 is 39.3 Å². The number of thioether (sulfide) groups is 1. The van der Waals surface area contributed by atoms with Gasteiger partial charge in [-0.05, 0) is 61.7 Å². The lowest BCUT2D eigenvalue weighted by Crippen LogP contribution is -2.50. The standard InChI is InChI=1S/C24H28BrClN2O2S/c1-17(24(30)27-21-5-3-2-4-6-21)28(15-18-7-9-19(25)10-8-18)23(29)16-31-22-13-11-20(26)12-14-22/h7-14,17,21H,2-6,15-16H2,1H3,(H,27,30)/t17-/m1/s1. The first kappa shape index (κ1) is 24.1. The normalized spacial score (nSPS) is 15.3. The number of rotatable bonds is 8. The van der Waals surface area contributed by atoms with Gasteiger partial charge in [0.1, 0.15) is 6.04 Å². The lowest BCUT2D eigenvalue weighted by atomic mass is 9.95. The molecule has 3 rings (SSSR count). The SMILES string of the molecule is C[C@H](C(=O)NC1CCCCC1)N(Cc1ccc(Br)cc1)C(=O)CSc1ccc(Cl)cc1. The molecule has 1 saturated carbocycles. The van der Waals surface area contributed by atoms with E-state index in [1.807, 2.05) is 55.5 Å². The average Bonchev–Trinajstić information content (AvgIpc) is 2.78. The van der Waals surface area contributed by atoms with Gasteiger partial charge in [0, 0.05) is 27.0 Å². The van der Waals surface area contributed by atoms with Crippen LogP contribution in [-0.2, 0) is 16.1 Å². The second-order valence-corrected chi connectivity index (χ2v) is 10.3. The summed E-state index contributed by atoms with van der Waals surface area (Å²) in [7, 11) is 0. The summed E-state index contributed by atoms with van der Waals surface area (Å²) in [6.07, 6.45) is 5.58. The van der Waals surface area contributed by atoms with Gasteiger partial charge < -0.3 is 10.2 Å². The summed E-state index contributed by atoms with van der Waals surface area (Å²) in [5.41, 5.74) is 0.991. The Hall–Kier alpha value is -1.50. The van der Waals surface area contributed by atoms with Crippen molar-refractivity contribution in [3.05, 3.63) is 63.6 Å². The van der Waals surface area contributed by atoms with Gasteiger partial charge in [-0.25, -0.2) is 0 Å². The van der Waals surface area contributed by atoms with Gasteiger partial charge >= 0.3 is 0 Å². The molecule has 0 bridgehead atoms. The van der Waals surface area contributed by atoms with Gasteiger partial charge in [-0.15, -0.1) is 11.8 Å². The molecule has 0 unspecified atom stereocenters. The van der Waals surface area contributed by atoms with E-state index in [4.69, 9.17) is 11.6 Å². The smallest absolute Gasteiger partial charge is 0.242 e. The zero-order valence-corrected chi connectivity index (χ0v) is 20.8. The van der Waals surface area contributed by atoms with Gasteiger partial charge in [-0.1, -0.05) is 58.9 Å². The highest BCUT2D eigenvalue weighted by Gasteiger charge is 2.28. The first-order chi connectivity index (χ1) is 14.9. The van der Waals surface area contributed by atoms with Crippen LogP contribution in [0.4, 0.5) is 0 Å². The number of carbonyl (C=O) groups excluding carboxylic acids is 2. The zero-order chi connectivity index (χ0) is 22.2. The van der Waals surface area contributed by atoms with Crippen LogP contribution in [0, 0.1) is 0 Å². The molecule has 1 fully saturated rings. The van der Waals surface area contributed by atoms with E-state index >= 15 is 0 Å². The zero-order valence-electron chi connectivity index (χ0n) is 17.7. The average molecular weight is 524 g/mol. The summed E-state index contributed by atoms with van der Waals surface area (Å²) in [6.45, 7) is 2.22. The largest absolute Gasteiger partial charge is 0.352 e. The number of nitrogens with one attached hydrogen (secondary N) is 1. The third-order valence-electron chi connectivity index (χ3n) is 5.56. The third-order valence-corrected chi connectivity index (χ3v) is 7.34. The minimum atomic E-state index is -0.538. The number of carbonyl (C=O) groups is 2. The predicted octanol–water partition coefficient (Wildman–Crippen LogP) is 6.06. The van der Waals surface area contributed by atoms with Crippen LogP contribution in [0.5, 0.6) is 0 Å². The highest BCUT2D eigenvalue weighted by molar-refractivity contribution is 9.10. The van der Waals surface area contributed by atoms with E-state index in [9.17, 15) is 9.59 Å². The Kier molecular flexibility index (Phi) is 9.30. The van der Waals surface area contributed by atoms with E-state index in [1.165, 1.54) is 18.2 Å². The van der Waals surface area contributed by atoms with Crippen LogP contribution in [-0.4, -0.2) is 34.6 Å². The molecule has 2 aromatic carbocycles. The van der Waals surface area contributed by atoms with Crippen molar-refractivity contribution in [3.63, 3.8) is 0 Å². The molecular formula is C24H28BrClN2O2S. The van der Waals surface area contributed by atoms with Crippen molar-refractivity contribution in [2.45, 2.75) is 62.6 Å². The van der Waals surface area contributed by atoms with Gasteiger partial charge in [0.25, 0.3) is 0 Å². The molecule has 1 aliphatic rings. The van der Waals surface area contributed by atoms with Crippen molar-refractivity contribution in [1.82, 2.24) is 10.2 Å². The Morgan fingerprint density at radius 2 is 1.74 bits per heavy atom. The maximum atomic E-state index is 13.2. The molecule has 1 aliphatic carbocycles.